The molecule has 4 nitrogen and oxygen atoms in total. The van der Waals surface area contributed by atoms with Crippen molar-refractivity contribution in [2.24, 2.45) is 0 Å². The normalized spacial score (nSPS) is 15.8. The first kappa shape index (κ1) is 53.2. The van der Waals surface area contributed by atoms with Crippen LogP contribution in [-0.4, -0.2) is 80.3 Å². The van der Waals surface area contributed by atoms with E-state index in [2.05, 4.69) is 47.0 Å². The summed E-state index contributed by atoms with van der Waals surface area (Å²) in [4.78, 5) is 0. The first-order chi connectivity index (χ1) is 15.7. The van der Waals surface area contributed by atoms with Gasteiger partial charge in [0.15, 0.2) is 0 Å². The van der Waals surface area contributed by atoms with E-state index in [1.54, 1.807) is 56.4 Å². The summed E-state index contributed by atoms with van der Waals surface area (Å²) < 4.78 is 0. The van der Waals surface area contributed by atoms with E-state index in [0.717, 1.165) is 0 Å². The van der Waals surface area contributed by atoms with Gasteiger partial charge in [0.05, 0.1) is 0 Å². The van der Waals surface area contributed by atoms with Crippen molar-refractivity contribution in [3.63, 3.8) is 0 Å². The van der Waals surface area contributed by atoms with Crippen LogP contribution in [0.5, 0.6) is 0 Å². The standard InChI is InChI=1S/4C5H4.4C2H6N.Sn.2Zn/c4*1-2-4-5-3-1;4*1-3-2;;;/h4*1-4H;4*1-2H3;;;/q8*-1;+4;2*+2. The average Bonchev–Trinajstić information content (AvgIpc) is 3.63. The van der Waals surface area contributed by atoms with Gasteiger partial charge in [-0.2, -0.15) is 56.4 Å². The van der Waals surface area contributed by atoms with Crippen molar-refractivity contribution in [2.45, 2.75) is 0 Å². The van der Waals surface area contributed by atoms with Crippen LogP contribution in [-0.2, 0) is 39.0 Å². The van der Waals surface area contributed by atoms with Gasteiger partial charge in [0.1, 0.15) is 0 Å². The number of hydrogen-bond donors (Lipinski definition) is 0. The second-order valence-electron chi connectivity index (χ2n) is 5.33. The molecule has 0 unspecified atom stereocenters. The van der Waals surface area contributed by atoms with Crippen LogP contribution in [0.15, 0.2) is 0 Å². The molecule has 0 aliphatic heterocycles. The Kier molecular flexibility index (Phi) is 99.0. The van der Waals surface area contributed by atoms with E-state index < -0.39 is 0 Å². The summed E-state index contributed by atoms with van der Waals surface area (Å²) in [7, 11) is 14.0. The van der Waals surface area contributed by atoms with Gasteiger partial charge >= 0.3 is 62.9 Å². The van der Waals surface area contributed by atoms with Crippen molar-refractivity contribution in [1.82, 2.24) is 0 Å². The minimum absolute atomic E-state index is 0. The second kappa shape index (κ2) is 65.2. The number of nitrogens with zero attached hydrogens (tertiary/aromatic N) is 4. The topological polar surface area (TPSA) is 56.4 Å². The van der Waals surface area contributed by atoms with Gasteiger partial charge in [-0.05, 0) is 0 Å². The summed E-state index contributed by atoms with van der Waals surface area (Å²) in [5, 5.41) is 14.0. The van der Waals surface area contributed by atoms with Gasteiger partial charge < -0.3 is 47.0 Å². The molecule has 20 radical (unpaired) electrons. The van der Waals surface area contributed by atoms with Gasteiger partial charge in [0, 0.05) is 0 Å². The third kappa shape index (κ3) is 86.0. The molecule has 0 spiro atoms. The zero-order chi connectivity index (χ0) is 25.0. The van der Waals surface area contributed by atoms with Crippen molar-refractivity contribution < 1.29 is 39.0 Å². The fourth-order valence-corrected chi connectivity index (χ4v) is 1.11. The van der Waals surface area contributed by atoms with Crippen molar-refractivity contribution in [2.75, 3.05) is 56.4 Å². The van der Waals surface area contributed by atoms with Gasteiger partial charge in [-0.1, -0.05) is 51.4 Å². The summed E-state index contributed by atoms with van der Waals surface area (Å²) >= 11 is 0. The quantitative estimate of drug-likeness (QED) is 0.233. The molecule has 180 valence electrons. The molecule has 4 rings (SSSR count). The maximum Gasteiger partial charge on any atom is 4.00 e. The summed E-state index contributed by atoms with van der Waals surface area (Å²) in [6.07, 6.45) is 42.0. The van der Waals surface area contributed by atoms with Crippen LogP contribution in [0.3, 0.4) is 0 Å². The van der Waals surface area contributed by atoms with E-state index in [0.29, 0.717) is 0 Å². The Labute approximate surface area is 267 Å². The smallest absolute Gasteiger partial charge is 0.668 e. The molecule has 4 saturated carbocycles. The van der Waals surface area contributed by atoms with E-state index in [1.165, 1.54) is 0 Å². The van der Waals surface area contributed by atoms with Gasteiger partial charge in [-0.3, -0.25) is 0 Å². The van der Waals surface area contributed by atoms with E-state index in [9.17, 15) is 0 Å². The molecule has 0 aromatic rings. The van der Waals surface area contributed by atoms with E-state index in [4.69, 9.17) is 0 Å². The zero-order valence-corrected chi connectivity index (χ0v) is 31.7. The van der Waals surface area contributed by atoms with Crippen LogP contribution in [0.25, 0.3) is 21.3 Å². The predicted molar refractivity (Wildman–Crippen MR) is 148 cm³/mol. The summed E-state index contributed by atoms with van der Waals surface area (Å²) in [6.45, 7) is 0. The molecule has 0 saturated heterocycles. The Hall–Kier alpha value is 1.89. The Balaban J connectivity index is -0.0000000513. The van der Waals surface area contributed by atoms with Crippen LogP contribution in [0.4, 0.5) is 0 Å². The number of rotatable bonds is 0. The van der Waals surface area contributed by atoms with Crippen LogP contribution in [0, 0.1) is 128 Å². The Morgan fingerprint density at radius 3 is 0.429 bits per heavy atom. The molecular formula is C28H40N4SnZn2. The summed E-state index contributed by atoms with van der Waals surface area (Å²) in [6, 6.07) is 0. The summed E-state index contributed by atoms with van der Waals surface area (Å²) in [5.74, 6) is 0. The van der Waals surface area contributed by atoms with Crippen LogP contribution in [0.2, 0.25) is 0 Å². The first-order valence-electron chi connectivity index (χ1n) is 9.89. The van der Waals surface area contributed by atoms with E-state index in [1.807, 2.05) is 103 Å². The Bertz CT molecular complexity index is 161. The first-order valence-corrected chi connectivity index (χ1v) is 9.89. The van der Waals surface area contributed by atoms with Crippen molar-refractivity contribution in [3.8, 4) is 0 Å². The van der Waals surface area contributed by atoms with E-state index in [-0.39, 0.29) is 62.9 Å². The zero-order valence-electron chi connectivity index (χ0n) is 22.9. The molecule has 35 heavy (non-hydrogen) atoms. The maximum atomic E-state index is 3.50. The molecule has 0 aromatic heterocycles. The molecule has 0 amide bonds. The third-order valence-corrected chi connectivity index (χ3v) is 1.98. The average molecular weight is 682 g/mol. The van der Waals surface area contributed by atoms with Gasteiger partial charge in [-0.15, -0.1) is 0 Å². The minimum Gasteiger partial charge on any atom is -0.668 e. The van der Waals surface area contributed by atoms with Crippen LogP contribution < -0.4 is 0 Å². The van der Waals surface area contributed by atoms with Crippen molar-refractivity contribution in [1.29, 1.82) is 0 Å². The van der Waals surface area contributed by atoms with Gasteiger partial charge in [0.2, 0.25) is 0 Å². The molecule has 0 atom stereocenters. The van der Waals surface area contributed by atoms with Crippen LogP contribution >= 0.6 is 0 Å². The van der Waals surface area contributed by atoms with Gasteiger partial charge in [-0.25, -0.2) is 51.4 Å². The minimum atomic E-state index is 0. The van der Waals surface area contributed by atoms with Crippen molar-refractivity contribution >= 4 is 23.9 Å². The molecule has 4 fully saturated rings. The van der Waals surface area contributed by atoms with Gasteiger partial charge in [0.25, 0.3) is 0 Å². The Morgan fingerprint density at radius 1 is 0.314 bits per heavy atom. The predicted octanol–water partition coefficient (Wildman–Crippen LogP) is 5.69. The van der Waals surface area contributed by atoms with Crippen LogP contribution in [0.1, 0.15) is 0 Å². The molecule has 0 heterocycles. The second-order valence-corrected chi connectivity index (χ2v) is 5.33. The largest absolute Gasteiger partial charge is 4.00 e. The Morgan fingerprint density at radius 2 is 0.400 bits per heavy atom. The molecule has 0 bridgehead atoms. The fraction of sp³-hybridized carbons (Fsp3) is 0.286. The number of hydrogen-bond acceptors (Lipinski definition) is 0. The van der Waals surface area contributed by atoms with E-state index >= 15 is 0 Å². The molecule has 0 aromatic carbocycles. The molecule has 4 aliphatic carbocycles. The monoisotopic (exact) mass is 680 g/mol. The maximum absolute atomic E-state index is 3.50. The SMILES string of the molecule is C[N-]C.C[N-]C.C[N-]C.C[N-]C.[C-]1[CH][CH][CH][CH]1.[C-]1[CH][CH][CH][CH]1.[C-]1[CH][CH][CH][CH]1.[C-]1[CH][CH][CH][CH]1.[Sn+4].[Zn+2].[Zn+2]. The fourth-order valence-electron chi connectivity index (χ4n) is 1.11. The van der Waals surface area contributed by atoms with Crippen molar-refractivity contribution in [3.05, 3.63) is 150 Å². The third-order valence-electron chi connectivity index (χ3n) is 1.98. The molecule has 7 heteroatoms. The molecule has 4 aliphatic rings. The molecule has 0 N–H and O–H groups in total. The summed E-state index contributed by atoms with van der Waals surface area (Å²) in [5.41, 5.74) is 0. The molecular weight excluding hydrogens is 642 g/mol.